The number of nitrogens with two attached hydrogens (primary N) is 3. The zero-order valence-electron chi connectivity index (χ0n) is 32.0. The number of hydrogen-bond donors (Lipinski definition) is 9. The average molecular weight is 759 g/mol. The van der Waals surface area contributed by atoms with E-state index in [1.165, 1.54) is 6.92 Å². The van der Waals surface area contributed by atoms with Crippen molar-refractivity contribution in [1.29, 1.82) is 0 Å². The van der Waals surface area contributed by atoms with Crippen LogP contribution in [-0.4, -0.2) is 108 Å². The van der Waals surface area contributed by atoms with Gasteiger partial charge in [0.05, 0.1) is 12.1 Å². The van der Waals surface area contributed by atoms with Gasteiger partial charge in [0.25, 0.3) is 0 Å². The molecule has 0 fully saturated rings. The van der Waals surface area contributed by atoms with E-state index in [1.807, 2.05) is 27.0 Å². The lowest BCUT2D eigenvalue weighted by atomic mass is 9.96. The molecule has 0 spiro atoms. The fourth-order valence-corrected chi connectivity index (χ4v) is 5.76. The molecular weight excluding hydrogens is 693 g/mol. The molecule has 0 saturated carbocycles. The van der Waals surface area contributed by atoms with E-state index in [4.69, 9.17) is 22.3 Å². The van der Waals surface area contributed by atoms with E-state index in [0.717, 1.165) is 0 Å². The summed E-state index contributed by atoms with van der Waals surface area (Å²) in [5.41, 5.74) is 17.3. The summed E-state index contributed by atoms with van der Waals surface area (Å²) in [6.07, 6.45) is 5.18. The monoisotopic (exact) mass is 758 g/mol. The fraction of sp³-hybridized carbons (Fsp3) is 0.800. The summed E-state index contributed by atoms with van der Waals surface area (Å²) in [5.74, 6) is -4.06. The zero-order chi connectivity index (χ0) is 39.8. The van der Waals surface area contributed by atoms with Crippen LogP contribution < -0.4 is 43.8 Å². The molecular formula is C35H66N8O8S. The molecule has 0 aliphatic heterocycles. The van der Waals surface area contributed by atoms with E-state index in [9.17, 15) is 33.6 Å². The van der Waals surface area contributed by atoms with E-state index in [1.54, 1.807) is 18.7 Å². The number of carboxylic acid groups (broad SMARTS) is 1. The third-order valence-corrected chi connectivity index (χ3v) is 9.36. The van der Waals surface area contributed by atoms with Crippen molar-refractivity contribution in [3.05, 3.63) is 0 Å². The zero-order valence-corrected chi connectivity index (χ0v) is 32.8. The van der Waals surface area contributed by atoms with Gasteiger partial charge in [0.2, 0.25) is 29.5 Å². The van der Waals surface area contributed by atoms with Crippen LogP contribution in [0.5, 0.6) is 0 Å². The predicted octanol–water partition coefficient (Wildman–Crippen LogP) is 0.295. The number of carbonyl (C=O) groups is 7. The van der Waals surface area contributed by atoms with Crippen molar-refractivity contribution in [2.45, 2.75) is 141 Å². The second-order valence-corrected chi connectivity index (χ2v) is 14.7. The standard InChI is InChI=1S/C35H66N8O8S/c1-7-22(4)30(43-31(47)24(38)14-15-29(45)46)35(51)41-27(13-9-11-18-37)32(48)40-26(12-8-10-17-36)33(49)42-28(20-21(2)3)34(50)39-25(23(5)44)16-19-52-6/h21-22,24-28,30H,7-20,36-38H2,1-6H3,(H,39,50)(H,40,48)(H,41,51)(H,42,49)(H,43,47)(H,45,46). The number of unbranched alkanes of at least 4 members (excludes halogenated alkanes) is 2. The van der Waals surface area contributed by atoms with Gasteiger partial charge in [-0.1, -0.05) is 34.1 Å². The first-order chi connectivity index (χ1) is 24.5. The highest BCUT2D eigenvalue weighted by Gasteiger charge is 2.34. The second kappa shape index (κ2) is 27.3. The Morgan fingerprint density at radius 3 is 1.58 bits per heavy atom. The smallest absolute Gasteiger partial charge is 0.303 e. The van der Waals surface area contributed by atoms with Crippen LogP contribution in [0.1, 0.15) is 105 Å². The average Bonchev–Trinajstić information content (AvgIpc) is 3.08. The van der Waals surface area contributed by atoms with Crippen molar-refractivity contribution in [3.63, 3.8) is 0 Å². The molecule has 12 N–H and O–H groups in total. The number of carbonyl (C=O) groups excluding carboxylic acids is 6. The molecule has 7 unspecified atom stereocenters. The lowest BCUT2D eigenvalue weighted by Crippen LogP contribution is -2.60. The molecule has 0 heterocycles. The third kappa shape index (κ3) is 20.1. The van der Waals surface area contributed by atoms with Crippen LogP contribution >= 0.6 is 11.8 Å². The molecule has 0 bridgehead atoms. The Morgan fingerprint density at radius 1 is 0.654 bits per heavy atom. The van der Waals surface area contributed by atoms with Crippen LogP contribution in [0.25, 0.3) is 0 Å². The summed E-state index contributed by atoms with van der Waals surface area (Å²) in [4.78, 5) is 90.6. The van der Waals surface area contributed by atoms with E-state index in [2.05, 4.69) is 26.6 Å². The molecule has 0 aliphatic carbocycles. The molecule has 0 saturated heterocycles. The van der Waals surface area contributed by atoms with Gasteiger partial charge >= 0.3 is 5.97 Å². The van der Waals surface area contributed by atoms with Gasteiger partial charge < -0.3 is 48.9 Å². The summed E-state index contributed by atoms with van der Waals surface area (Å²) in [6.45, 7) is 9.50. The van der Waals surface area contributed by atoms with Gasteiger partial charge in [0.15, 0.2) is 5.78 Å². The highest BCUT2D eigenvalue weighted by molar-refractivity contribution is 7.98. The summed E-state index contributed by atoms with van der Waals surface area (Å²) >= 11 is 1.55. The maximum atomic E-state index is 13.8. The van der Waals surface area contributed by atoms with Gasteiger partial charge in [-0.3, -0.25) is 33.6 Å². The second-order valence-electron chi connectivity index (χ2n) is 13.7. The van der Waals surface area contributed by atoms with Crippen LogP contribution in [0.4, 0.5) is 0 Å². The number of ketones is 1. The predicted molar refractivity (Wildman–Crippen MR) is 203 cm³/mol. The number of Topliss-reactive ketones (excluding diaryl/α,β-unsaturated/α-hetero) is 1. The number of thioether (sulfide) groups is 1. The maximum absolute atomic E-state index is 13.8. The quantitative estimate of drug-likeness (QED) is 0.0466. The lowest BCUT2D eigenvalue weighted by Gasteiger charge is -2.29. The first kappa shape index (κ1) is 48.7. The van der Waals surface area contributed by atoms with Crippen LogP contribution in [0.2, 0.25) is 0 Å². The highest BCUT2D eigenvalue weighted by Crippen LogP contribution is 2.13. The SMILES string of the molecule is CCC(C)C(NC(=O)C(N)CCC(=O)O)C(=O)NC(CCCCN)C(=O)NC(CCCCN)C(=O)NC(CC(C)C)C(=O)NC(CCSC)C(C)=O. The topological polar surface area (TPSA) is 278 Å². The van der Waals surface area contributed by atoms with Crippen LogP contribution in [0, 0.1) is 11.8 Å². The van der Waals surface area contributed by atoms with E-state index in [0.29, 0.717) is 57.4 Å². The van der Waals surface area contributed by atoms with Crippen molar-refractivity contribution in [2.75, 3.05) is 25.1 Å². The number of rotatable bonds is 29. The Kier molecular flexibility index (Phi) is 25.6. The number of hydrogen-bond acceptors (Lipinski definition) is 11. The normalized spacial score (nSPS) is 15.3. The molecule has 5 amide bonds. The summed E-state index contributed by atoms with van der Waals surface area (Å²) < 4.78 is 0. The van der Waals surface area contributed by atoms with Gasteiger partial charge in [-0.15, -0.1) is 0 Å². The van der Waals surface area contributed by atoms with Crippen LogP contribution in [-0.2, 0) is 33.6 Å². The Labute approximate surface area is 313 Å². The number of carboxylic acids is 1. The molecule has 0 aromatic carbocycles. The minimum Gasteiger partial charge on any atom is -0.481 e. The van der Waals surface area contributed by atoms with E-state index >= 15 is 0 Å². The number of nitrogens with one attached hydrogen (secondary N) is 5. The highest BCUT2D eigenvalue weighted by atomic mass is 32.2. The van der Waals surface area contributed by atoms with Gasteiger partial charge in [0.1, 0.15) is 24.2 Å². The van der Waals surface area contributed by atoms with Crippen LogP contribution in [0.15, 0.2) is 0 Å². The molecule has 0 aliphatic rings. The molecule has 0 aromatic heterocycles. The molecule has 17 heteroatoms. The van der Waals surface area contributed by atoms with Crippen molar-refractivity contribution >= 4 is 53.1 Å². The largest absolute Gasteiger partial charge is 0.481 e. The Bertz CT molecular complexity index is 1140. The molecule has 52 heavy (non-hydrogen) atoms. The van der Waals surface area contributed by atoms with Gasteiger partial charge in [-0.25, -0.2) is 0 Å². The van der Waals surface area contributed by atoms with Crippen molar-refractivity contribution < 1.29 is 38.7 Å². The first-order valence-electron chi connectivity index (χ1n) is 18.4. The molecule has 7 atom stereocenters. The molecule has 300 valence electrons. The van der Waals surface area contributed by atoms with Gasteiger partial charge in [0, 0.05) is 6.42 Å². The minimum absolute atomic E-state index is 0.0103. The molecule has 16 nitrogen and oxygen atoms in total. The van der Waals surface area contributed by atoms with Gasteiger partial charge in [-0.2, -0.15) is 11.8 Å². The molecule has 0 radical (unpaired) electrons. The Balaban J connectivity index is 6.22. The first-order valence-corrected chi connectivity index (χ1v) is 19.8. The minimum atomic E-state index is -1.16. The third-order valence-electron chi connectivity index (χ3n) is 8.72. The number of amides is 5. The van der Waals surface area contributed by atoms with E-state index < -0.39 is 71.8 Å². The Morgan fingerprint density at radius 2 is 1.13 bits per heavy atom. The van der Waals surface area contributed by atoms with Gasteiger partial charge in [-0.05, 0) is 102 Å². The van der Waals surface area contributed by atoms with Crippen molar-refractivity contribution in [3.8, 4) is 0 Å². The van der Waals surface area contributed by atoms with Crippen molar-refractivity contribution in [1.82, 2.24) is 26.6 Å². The lowest BCUT2D eigenvalue weighted by molar-refractivity contribution is -0.137. The summed E-state index contributed by atoms with van der Waals surface area (Å²) in [5, 5.41) is 22.7. The van der Waals surface area contributed by atoms with Crippen LogP contribution in [0.3, 0.4) is 0 Å². The fourth-order valence-electron chi connectivity index (χ4n) is 5.29. The van der Waals surface area contributed by atoms with Crippen molar-refractivity contribution in [2.24, 2.45) is 29.0 Å². The number of aliphatic carboxylic acids is 1. The molecule has 0 rings (SSSR count). The summed E-state index contributed by atoms with van der Waals surface area (Å²) in [6, 6.07) is -6.08. The molecule has 0 aromatic rings. The summed E-state index contributed by atoms with van der Waals surface area (Å²) in [7, 11) is 0. The Hall–Kier alpha value is -3.28. The maximum Gasteiger partial charge on any atom is 0.303 e. The van der Waals surface area contributed by atoms with E-state index in [-0.39, 0.29) is 49.7 Å².